The number of amides is 11. The minimum atomic E-state index is -1.33. The number of carbonyl (C=O) groups excluding carboxylic acids is 13. The second kappa shape index (κ2) is 51.3. The normalized spacial score (nSPS) is 17.9. The van der Waals surface area contributed by atoms with E-state index in [2.05, 4.69) is 57.5 Å². The molecule has 1 aromatic heterocycles. The third-order valence-corrected chi connectivity index (χ3v) is 23.3. The van der Waals surface area contributed by atoms with Crippen LogP contribution >= 0.6 is 23.5 Å². The molecule has 2 fully saturated rings. The lowest BCUT2D eigenvalue weighted by Gasteiger charge is -2.37. The molecular formula is C82H123N21O20S2. The van der Waals surface area contributed by atoms with Crippen LogP contribution in [0.3, 0.4) is 0 Å². The van der Waals surface area contributed by atoms with Gasteiger partial charge in [0.1, 0.15) is 42.3 Å². The van der Waals surface area contributed by atoms with Gasteiger partial charge in [0.2, 0.25) is 77.5 Å². The van der Waals surface area contributed by atoms with Gasteiger partial charge in [-0.1, -0.05) is 18.2 Å². The summed E-state index contributed by atoms with van der Waals surface area (Å²) in [6, 6.07) is 5.47. The van der Waals surface area contributed by atoms with Gasteiger partial charge in [-0.3, -0.25) is 77.2 Å². The molecule has 0 spiro atoms. The van der Waals surface area contributed by atoms with Crippen LogP contribution in [0.25, 0.3) is 10.9 Å². The predicted octanol–water partition coefficient (Wildman–Crippen LogP) is -1.73. The number of para-hydroxylation sites is 1. The average molecular weight is 1790 g/mol. The van der Waals surface area contributed by atoms with E-state index in [4.69, 9.17) is 80.0 Å². The molecule has 0 bridgehead atoms. The van der Waals surface area contributed by atoms with Crippen LogP contribution in [0, 0.1) is 11.8 Å². The van der Waals surface area contributed by atoms with E-state index >= 15 is 0 Å². The van der Waals surface area contributed by atoms with Crippen molar-refractivity contribution >= 4 is 123 Å². The largest absolute Gasteiger partial charge is 0.493 e. The summed E-state index contributed by atoms with van der Waals surface area (Å²) < 4.78 is 33.4. The van der Waals surface area contributed by atoms with Gasteiger partial charge in [0, 0.05) is 93.1 Å². The zero-order valence-electron chi connectivity index (χ0n) is 71.3. The number of imide groups is 1. The molecule has 11 amide bonds. The standard InChI is InChI=1S/C51H89N19O9S.C31H34N2O11S/c1-31(71)60-27-20-42(72)64-36(18-11-25-61-50(56)57)44(74)67-39(19-12-26-62-51(58)59)46(76)69-40(21-28-80-2)48(78)66-38(17-7-10-24-54)47(77)70-41(29-32-30-63-34-14-4-3-13-33(32)34)49(79)68-37(16-6-9-23-53)45(75)65-35(43(55)73)15-5-8-22-52;1-14(32)12-45-23-10-24(34)33(30(23)37)5-4-25(35)44-29-21(39-2)6-15(7-22(29)40-3)26-16-8-19-20(43-13-42-19)9-17(16)28(36)18-11-41-31(38)27(18)26/h3-4,13-14,30,35-41,63H,5-12,15-29,52-54H2,1-2H3,(H2,55,73)(H,60,71)(H,64,72)(H,65,75)(H,66,78)(H,67,74)(H,68,79)(H,69,76)(H,70,77)(H4,56,57,61)(H4,58,59,62);6-9,14,18,23,26-28,36H,4-5,10-13,32H2,1-3H3/t35-,36-,37-,38-,39-,40-,41-;14-,18+,23?,26-,27+,28-/m01/s1. The molecular weight excluding hydrogens is 1660 g/mol. The van der Waals surface area contributed by atoms with Crippen LogP contribution in [-0.4, -0.2) is 249 Å². The summed E-state index contributed by atoms with van der Waals surface area (Å²) in [5.74, 6) is -7.85. The zero-order chi connectivity index (χ0) is 91.4. The first-order chi connectivity index (χ1) is 59.8. The number of aliphatic hydroxyl groups is 1. The fourth-order valence-electron chi connectivity index (χ4n) is 14.7. The number of H-pyrrole nitrogens is 1. The molecule has 4 aliphatic rings. The Hall–Kier alpha value is -11.3. The Morgan fingerprint density at radius 1 is 0.632 bits per heavy atom. The van der Waals surface area contributed by atoms with Crippen molar-refractivity contribution in [3.8, 4) is 28.7 Å². The number of aromatic amines is 1. The van der Waals surface area contributed by atoms with E-state index in [1.54, 1.807) is 36.7 Å². The van der Waals surface area contributed by atoms with E-state index in [0.717, 1.165) is 15.8 Å². The van der Waals surface area contributed by atoms with Crippen LogP contribution in [0.5, 0.6) is 28.7 Å². The van der Waals surface area contributed by atoms with E-state index in [1.807, 2.05) is 31.2 Å². The SMILES string of the molecule is COc1cc([C@@H]2c3cc4c(cc3[C@@H](O)[C@H]3COC(=O)[C@H]23)OCO4)cc(OC)c1OC(=O)CCN1C(=O)CC(SC[C@@H](C)N)C1=O.CSCC[C@H](NC(=O)[C@H](CCCN=C(N)N)NC(=O)[C@H](CCCN=C(N)N)NC(=O)CCNC(C)=O)C(=O)N[C@@H](CCCCN)C(=O)N[C@@H](Cc1c[nH]c2ccccc12)C(=O)N[C@@H](CCCCN)C(=O)N[C@@H](CCCCN)C(N)=O. The molecule has 43 heteroatoms. The van der Waals surface area contributed by atoms with Gasteiger partial charge in [0.15, 0.2) is 34.9 Å². The number of cyclic esters (lactones) is 1. The molecule has 0 saturated carbocycles. The summed E-state index contributed by atoms with van der Waals surface area (Å²) in [4.78, 5) is 186. The minimum absolute atomic E-state index is 0.00364. The number of likely N-dealkylation sites (tertiary alicyclic amines) is 1. The Kier molecular flexibility index (Phi) is 41.3. The number of unbranched alkanes of at least 4 members (excludes halogenated alkanes) is 3. The summed E-state index contributed by atoms with van der Waals surface area (Å²) in [6.07, 6.45) is 6.01. The van der Waals surface area contributed by atoms with Crippen LogP contribution in [0.15, 0.2) is 64.7 Å². The van der Waals surface area contributed by atoms with E-state index in [-0.39, 0.29) is 176 Å². The molecule has 688 valence electrons. The molecule has 41 nitrogen and oxygen atoms in total. The molecule has 8 rings (SSSR count). The highest BCUT2D eigenvalue weighted by molar-refractivity contribution is 8.00. The number of fused-ring (bicyclic) bond motifs is 4. The lowest BCUT2D eigenvalue weighted by Crippen LogP contribution is -2.60. The molecule has 3 aromatic carbocycles. The quantitative estimate of drug-likeness (QED) is 0.00583. The fourth-order valence-corrected chi connectivity index (χ4v) is 16.2. The summed E-state index contributed by atoms with van der Waals surface area (Å²) in [6.45, 7) is 4.26. The van der Waals surface area contributed by atoms with Gasteiger partial charge in [-0.25, -0.2) is 0 Å². The number of aliphatic imine (C=N–C) groups is 2. The molecule has 13 atom stereocenters. The Balaban J connectivity index is 0.000000397. The van der Waals surface area contributed by atoms with Crippen LogP contribution in [0.4, 0.5) is 0 Å². The van der Waals surface area contributed by atoms with Gasteiger partial charge >= 0.3 is 11.9 Å². The van der Waals surface area contributed by atoms with Crippen molar-refractivity contribution in [1.82, 2.24) is 52.4 Å². The van der Waals surface area contributed by atoms with Crippen LogP contribution in [0.1, 0.15) is 157 Å². The van der Waals surface area contributed by atoms with Crippen LogP contribution in [-0.2, 0) is 73.5 Å². The number of aliphatic hydroxyl groups excluding tert-OH is 1. The molecule has 4 heterocycles. The lowest BCUT2D eigenvalue weighted by molar-refractivity contribution is -0.142. The monoisotopic (exact) mass is 1790 g/mol. The highest BCUT2D eigenvalue weighted by Gasteiger charge is 2.53. The Bertz CT molecular complexity index is 4410. The van der Waals surface area contributed by atoms with E-state index < -0.39 is 131 Å². The van der Waals surface area contributed by atoms with Crippen molar-refractivity contribution in [3.63, 3.8) is 0 Å². The van der Waals surface area contributed by atoms with Gasteiger partial charge in [-0.2, -0.15) is 11.8 Å². The second-order valence-electron chi connectivity index (χ2n) is 30.7. The van der Waals surface area contributed by atoms with E-state index in [9.17, 15) is 67.4 Å². The number of primary amides is 1. The van der Waals surface area contributed by atoms with Crippen LogP contribution < -0.4 is 118 Å². The van der Waals surface area contributed by atoms with Gasteiger partial charge in [-0.15, -0.1) is 11.8 Å². The Morgan fingerprint density at radius 2 is 1.13 bits per heavy atom. The number of nitrogens with one attached hydrogen (secondary N) is 9. The molecule has 1 unspecified atom stereocenters. The van der Waals surface area contributed by atoms with Crippen molar-refractivity contribution in [2.24, 2.45) is 73.4 Å². The first-order valence-corrected chi connectivity index (χ1v) is 44.2. The Labute approximate surface area is 733 Å². The third-order valence-electron chi connectivity index (χ3n) is 21.2. The first-order valence-electron chi connectivity index (χ1n) is 41.7. The number of esters is 2. The summed E-state index contributed by atoms with van der Waals surface area (Å²) in [7, 11) is 2.81. The van der Waals surface area contributed by atoms with Crippen molar-refractivity contribution in [2.75, 3.05) is 91.2 Å². The number of methoxy groups -OCH3 is 2. The van der Waals surface area contributed by atoms with Crippen molar-refractivity contribution in [1.29, 1.82) is 0 Å². The van der Waals surface area contributed by atoms with Crippen LogP contribution in [0.2, 0.25) is 0 Å². The summed E-state index contributed by atoms with van der Waals surface area (Å²) in [5, 5.41) is 33.2. The van der Waals surface area contributed by atoms with Crippen molar-refractivity contribution < 1.29 is 95.9 Å². The Morgan fingerprint density at radius 3 is 1.64 bits per heavy atom. The molecule has 2 saturated heterocycles. The van der Waals surface area contributed by atoms with Gasteiger partial charge in [0.05, 0.1) is 44.5 Å². The maximum absolute atomic E-state index is 14.7. The maximum Gasteiger partial charge on any atom is 0.313 e. The number of nitrogens with zero attached hydrogens (tertiary/aromatic N) is 3. The highest BCUT2D eigenvalue weighted by atomic mass is 32.2. The highest BCUT2D eigenvalue weighted by Crippen LogP contribution is 2.56. The number of thioether (sulfide) groups is 2. The minimum Gasteiger partial charge on any atom is -0.493 e. The van der Waals surface area contributed by atoms with Crippen molar-refractivity contribution in [2.45, 2.75) is 195 Å². The molecule has 125 heavy (non-hydrogen) atoms. The van der Waals surface area contributed by atoms with E-state index in [1.165, 1.54) is 44.7 Å². The fraction of sp³-hybridized carbons (Fsp3) is 0.573. The number of benzene rings is 3. The molecule has 1 aliphatic carbocycles. The number of aromatic nitrogens is 1. The number of carbonyl (C=O) groups is 13. The van der Waals surface area contributed by atoms with Gasteiger partial charge < -0.3 is 133 Å². The lowest BCUT2D eigenvalue weighted by atomic mass is 9.66. The van der Waals surface area contributed by atoms with Gasteiger partial charge in [-0.05, 0) is 181 Å². The number of hydrogen-bond donors (Lipinski definition) is 19. The van der Waals surface area contributed by atoms with E-state index in [0.29, 0.717) is 96.9 Å². The smallest absolute Gasteiger partial charge is 0.313 e. The number of ether oxygens (including phenoxy) is 6. The number of hydrogen-bond acceptors (Lipinski definition) is 28. The summed E-state index contributed by atoms with van der Waals surface area (Å²) >= 11 is 2.72. The molecule has 28 N–H and O–H groups in total. The third kappa shape index (κ3) is 30.6. The topological polar surface area (TPSA) is 672 Å². The molecule has 3 aliphatic heterocycles. The molecule has 4 aromatic rings. The number of rotatable bonds is 52. The van der Waals surface area contributed by atoms with Crippen molar-refractivity contribution in [3.05, 3.63) is 77.0 Å². The average Bonchev–Trinajstić information content (AvgIpc) is 1.67. The van der Waals surface area contributed by atoms with Gasteiger partial charge in [0.25, 0.3) is 0 Å². The zero-order valence-corrected chi connectivity index (χ0v) is 72.9. The second-order valence-corrected chi connectivity index (χ2v) is 32.9. The first kappa shape index (κ1) is 101. The number of nitrogens with two attached hydrogens (primary N) is 9. The maximum atomic E-state index is 14.7. The summed E-state index contributed by atoms with van der Waals surface area (Å²) in [5.41, 5.74) is 54.1. The predicted molar refractivity (Wildman–Crippen MR) is 468 cm³/mol. The number of guanidine groups is 2. The molecule has 0 radical (unpaired) electrons.